The topological polar surface area (TPSA) is 24.9 Å². The fraction of sp³-hybridized carbons (Fsp3) is 0.400. The van der Waals surface area contributed by atoms with Gasteiger partial charge in [-0.2, -0.15) is 0 Å². The minimum Gasteiger partial charge on any atom is -0.319 e. The van der Waals surface area contributed by atoms with Crippen molar-refractivity contribution in [1.82, 2.24) is 10.3 Å². The average molecular weight is 276 g/mol. The predicted octanol–water partition coefficient (Wildman–Crippen LogP) is 3.59. The third-order valence-corrected chi connectivity index (χ3v) is 4.79. The third-order valence-electron chi connectivity index (χ3n) is 3.61. The smallest absolute Gasteiger partial charge is 0.123 e. The van der Waals surface area contributed by atoms with Crippen molar-refractivity contribution in [2.24, 2.45) is 0 Å². The van der Waals surface area contributed by atoms with Crippen molar-refractivity contribution in [3.05, 3.63) is 40.7 Å². The van der Waals surface area contributed by atoms with Gasteiger partial charge in [-0.15, -0.1) is 11.3 Å². The standard InChI is InChI=1S/C15H17FN2S/c1-17-9-11-3-2-4-13-14(11)18-15(19-13)10-5-7-12(16)8-6-10/h5-8,11,17H,2-4,9H2,1H3. The van der Waals surface area contributed by atoms with E-state index in [-0.39, 0.29) is 5.82 Å². The average Bonchev–Trinajstić information content (AvgIpc) is 2.85. The Balaban J connectivity index is 1.95. The second kappa shape index (κ2) is 5.39. The number of nitrogens with zero attached hydrogens (tertiary/aromatic N) is 1. The van der Waals surface area contributed by atoms with Crippen LogP contribution in [0.15, 0.2) is 24.3 Å². The van der Waals surface area contributed by atoms with Gasteiger partial charge in [0.05, 0.1) is 5.69 Å². The van der Waals surface area contributed by atoms with Gasteiger partial charge in [0.25, 0.3) is 0 Å². The van der Waals surface area contributed by atoms with Crippen LogP contribution in [0.1, 0.15) is 29.3 Å². The fourth-order valence-electron chi connectivity index (χ4n) is 2.67. The summed E-state index contributed by atoms with van der Waals surface area (Å²) in [5.74, 6) is 0.331. The van der Waals surface area contributed by atoms with Gasteiger partial charge >= 0.3 is 0 Å². The summed E-state index contributed by atoms with van der Waals surface area (Å²) in [7, 11) is 1.99. The number of benzene rings is 1. The van der Waals surface area contributed by atoms with Crippen molar-refractivity contribution >= 4 is 11.3 Å². The molecule has 3 rings (SSSR count). The zero-order chi connectivity index (χ0) is 13.2. The van der Waals surface area contributed by atoms with Gasteiger partial charge < -0.3 is 5.32 Å². The number of hydrogen-bond donors (Lipinski definition) is 1. The number of rotatable bonds is 3. The summed E-state index contributed by atoms with van der Waals surface area (Å²) in [5.41, 5.74) is 2.27. The van der Waals surface area contributed by atoms with Gasteiger partial charge in [-0.1, -0.05) is 0 Å². The number of halogens is 1. The van der Waals surface area contributed by atoms with Crippen LogP contribution in [0.5, 0.6) is 0 Å². The molecular formula is C15H17FN2S. The van der Waals surface area contributed by atoms with Gasteiger partial charge in [-0.25, -0.2) is 9.37 Å². The lowest BCUT2D eigenvalue weighted by Gasteiger charge is -2.20. The minimum absolute atomic E-state index is 0.196. The first-order valence-corrected chi connectivity index (χ1v) is 7.49. The Morgan fingerprint density at radius 2 is 2.16 bits per heavy atom. The molecule has 1 atom stereocenters. The van der Waals surface area contributed by atoms with E-state index in [1.165, 1.54) is 35.5 Å². The van der Waals surface area contributed by atoms with Gasteiger partial charge in [0, 0.05) is 22.9 Å². The van der Waals surface area contributed by atoms with E-state index in [4.69, 9.17) is 4.98 Å². The van der Waals surface area contributed by atoms with Gasteiger partial charge in [0.2, 0.25) is 0 Å². The lowest BCUT2D eigenvalue weighted by molar-refractivity contribution is 0.523. The predicted molar refractivity (Wildman–Crippen MR) is 77.1 cm³/mol. The van der Waals surface area contributed by atoms with Gasteiger partial charge in [0.15, 0.2) is 0 Å². The molecule has 0 saturated heterocycles. The molecule has 19 heavy (non-hydrogen) atoms. The zero-order valence-corrected chi connectivity index (χ0v) is 11.8. The highest BCUT2D eigenvalue weighted by Gasteiger charge is 2.24. The molecule has 1 heterocycles. The molecule has 1 aromatic carbocycles. The molecule has 0 amide bonds. The summed E-state index contributed by atoms with van der Waals surface area (Å²) in [5, 5.41) is 4.27. The number of aryl methyl sites for hydroxylation is 1. The molecule has 0 saturated carbocycles. The molecule has 100 valence electrons. The summed E-state index contributed by atoms with van der Waals surface area (Å²) in [6, 6.07) is 6.63. The summed E-state index contributed by atoms with van der Waals surface area (Å²) >= 11 is 1.76. The Bertz CT molecular complexity index is 562. The number of fused-ring (bicyclic) bond motifs is 1. The molecule has 1 N–H and O–H groups in total. The number of hydrogen-bond acceptors (Lipinski definition) is 3. The van der Waals surface area contributed by atoms with Crippen molar-refractivity contribution in [3.63, 3.8) is 0 Å². The Morgan fingerprint density at radius 1 is 1.37 bits per heavy atom. The highest BCUT2D eigenvalue weighted by atomic mass is 32.1. The van der Waals surface area contributed by atoms with Crippen molar-refractivity contribution in [3.8, 4) is 10.6 Å². The number of thiazole rings is 1. The SMILES string of the molecule is CNCC1CCCc2sc(-c3ccc(F)cc3)nc21. The molecule has 1 aromatic heterocycles. The molecule has 2 aromatic rings. The fourth-order valence-corrected chi connectivity index (χ4v) is 3.86. The largest absolute Gasteiger partial charge is 0.319 e. The van der Waals surface area contributed by atoms with Gasteiger partial charge in [-0.05, 0) is 50.6 Å². The Labute approximate surface area is 116 Å². The first kappa shape index (κ1) is 12.8. The second-order valence-electron chi connectivity index (χ2n) is 4.98. The molecule has 0 spiro atoms. The first-order valence-electron chi connectivity index (χ1n) is 6.68. The molecule has 0 bridgehead atoms. The maximum atomic E-state index is 13.0. The molecule has 1 aliphatic rings. The summed E-state index contributed by atoms with van der Waals surface area (Å²) < 4.78 is 13.0. The summed E-state index contributed by atoms with van der Waals surface area (Å²) in [4.78, 5) is 6.21. The van der Waals surface area contributed by atoms with Crippen LogP contribution in [-0.4, -0.2) is 18.6 Å². The van der Waals surface area contributed by atoms with Crippen LogP contribution in [0.3, 0.4) is 0 Å². The van der Waals surface area contributed by atoms with Crippen molar-refractivity contribution in [1.29, 1.82) is 0 Å². The molecule has 0 radical (unpaired) electrons. The van der Waals surface area contributed by atoms with Crippen LogP contribution in [0, 0.1) is 5.82 Å². The van der Waals surface area contributed by atoms with Gasteiger partial charge in [-0.3, -0.25) is 0 Å². The van der Waals surface area contributed by atoms with Crippen LogP contribution in [0.2, 0.25) is 0 Å². The molecule has 1 aliphatic carbocycles. The van der Waals surface area contributed by atoms with Crippen LogP contribution >= 0.6 is 11.3 Å². The van der Waals surface area contributed by atoms with Crippen LogP contribution < -0.4 is 5.32 Å². The molecular weight excluding hydrogens is 259 g/mol. The lowest BCUT2D eigenvalue weighted by Crippen LogP contribution is -2.20. The van der Waals surface area contributed by atoms with Crippen LogP contribution in [0.25, 0.3) is 10.6 Å². The Morgan fingerprint density at radius 3 is 2.89 bits per heavy atom. The Hall–Kier alpha value is -1.26. The monoisotopic (exact) mass is 276 g/mol. The number of likely N-dealkylation sites (N-methyl/N-ethyl adjacent to an activating group) is 1. The normalized spacial score (nSPS) is 18.3. The van der Waals surface area contributed by atoms with Crippen LogP contribution in [0.4, 0.5) is 4.39 Å². The first-order chi connectivity index (χ1) is 9.28. The Kier molecular flexibility index (Phi) is 3.62. The van der Waals surface area contributed by atoms with E-state index >= 15 is 0 Å². The maximum absolute atomic E-state index is 13.0. The zero-order valence-electron chi connectivity index (χ0n) is 10.9. The third kappa shape index (κ3) is 2.55. The minimum atomic E-state index is -0.196. The highest BCUT2D eigenvalue weighted by Crippen LogP contribution is 2.37. The summed E-state index contributed by atoms with van der Waals surface area (Å²) in [6.45, 7) is 0.986. The van der Waals surface area contributed by atoms with Crippen molar-refractivity contribution in [2.75, 3.05) is 13.6 Å². The second-order valence-corrected chi connectivity index (χ2v) is 6.06. The van der Waals surface area contributed by atoms with Gasteiger partial charge in [0.1, 0.15) is 10.8 Å². The van der Waals surface area contributed by atoms with E-state index in [1.54, 1.807) is 11.3 Å². The van der Waals surface area contributed by atoms with Crippen molar-refractivity contribution in [2.45, 2.75) is 25.2 Å². The molecule has 2 nitrogen and oxygen atoms in total. The molecule has 0 fully saturated rings. The van der Waals surface area contributed by atoms with Crippen LogP contribution in [-0.2, 0) is 6.42 Å². The lowest BCUT2D eigenvalue weighted by atomic mass is 9.91. The maximum Gasteiger partial charge on any atom is 0.123 e. The molecule has 0 aliphatic heterocycles. The molecule has 4 heteroatoms. The van der Waals surface area contributed by atoms with E-state index in [0.717, 1.165) is 23.5 Å². The van der Waals surface area contributed by atoms with E-state index in [2.05, 4.69) is 5.32 Å². The van der Waals surface area contributed by atoms with E-state index in [1.807, 2.05) is 19.2 Å². The van der Waals surface area contributed by atoms with E-state index < -0.39 is 0 Å². The van der Waals surface area contributed by atoms with Crippen molar-refractivity contribution < 1.29 is 4.39 Å². The quantitative estimate of drug-likeness (QED) is 0.926. The highest BCUT2D eigenvalue weighted by molar-refractivity contribution is 7.15. The van der Waals surface area contributed by atoms with E-state index in [9.17, 15) is 4.39 Å². The number of aromatic nitrogens is 1. The number of nitrogens with one attached hydrogen (secondary N) is 1. The summed E-state index contributed by atoms with van der Waals surface area (Å²) in [6.07, 6.45) is 3.58. The molecule has 1 unspecified atom stereocenters. The van der Waals surface area contributed by atoms with E-state index in [0.29, 0.717) is 5.92 Å².